The van der Waals surface area contributed by atoms with Gasteiger partial charge in [0.2, 0.25) is 0 Å². The normalized spacial score (nSPS) is 23.5. The Hall–Kier alpha value is -1.19. The van der Waals surface area contributed by atoms with Crippen molar-refractivity contribution in [2.45, 2.75) is 19.9 Å². The van der Waals surface area contributed by atoms with E-state index in [0.29, 0.717) is 13.2 Å². The maximum absolute atomic E-state index is 11.3. The lowest BCUT2D eigenvalue weighted by Crippen LogP contribution is -2.37. The molecule has 0 amide bonds. The van der Waals surface area contributed by atoms with E-state index in [1.807, 2.05) is 0 Å². The van der Waals surface area contributed by atoms with E-state index < -0.39 is 0 Å². The van der Waals surface area contributed by atoms with Crippen molar-refractivity contribution < 1.29 is 9.53 Å². The number of hydrogen-bond donors (Lipinski definition) is 0. The fourth-order valence-corrected chi connectivity index (χ4v) is 2.48. The molecule has 1 aromatic carbocycles. The second-order valence-corrected chi connectivity index (χ2v) is 5.44. The molecule has 1 saturated heterocycles. The minimum atomic E-state index is -0.292. The zero-order valence-electron chi connectivity index (χ0n) is 11.2. The van der Waals surface area contributed by atoms with Gasteiger partial charge in [0, 0.05) is 19.7 Å². The average Bonchev–Trinajstić information content (AvgIpc) is 2.81. The van der Waals surface area contributed by atoms with Crippen LogP contribution in [0, 0.1) is 12.3 Å². The van der Waals surface area contributed by atoms with Crippen LogP contribution in [0.15, 0.2) is 24.3 Å². The Morgan fingerprint density at radius 3 is 2.67 bits per heavy atom. The summed E-state index contributed by atoms with van der Waals surface area (Å²) in [5, 5.41) is 0. The Bertz CT molecular complexity index is 393. The number of rotatable bonds is 5. The molecular formula is C15H21NO2. The van der Waals surface area contributed by atoms with Crippen LogP contribution in [-0.2, 0) is 16.1 Å². The molecule has 3 nitrogen and oxygen atoms in total. The fourth-order valence-electron chi connectivity index (χ4n) is 2.48. The summed E-state index contributed by atoms with van der Waals surface area (Å²) < 4.78 is 5.36. The summed E-state index contributed by atoms with van der Waals surface area (Å²) in [5.41, 5.74) is 2.26. The van der Waals surface area contributed by atoms with Gasteiger partial charge in [-0.2, -0.15) is 0 Å². The van der Waals surface area contributed by atoms with Crippen LogP contribution in [-0.4, -0.2) is 38.0 Å². The molecular weight excluding hydrogens is 226 g/mol. The molecule has 1 aliphatic heterocycles. The van der Waals surface area contributed by atoms with E-state index in [1.54, 1.807) is 0 Å². The Balaban J connectivity index is 1.93. The standard InChI is InChI=1S/C15H21NO2/c1-13-3-5-14(6-4-13)9-16(2)10-15(11-17)7-8-18-12-15/h3-6,11H,7-10,12H2,1-2H3. The van der Waals surface area contributed by atoms with E-state index >= 15 is 0 Å². The highest BCUT2D eigenvalue weighted by atomic mass is 16.5. The second kappa shape index (κ2) is 5.63. The summed E-state index contributed by atoms with van der Waals surface area (Å²) in [6, 6.07) is 8.53. The van der Waals surface area contributed by atoms with Crippen LogP contribution in [0.3, 0.4) is 0 Å². The summed E-state index contributed by atoms with van der Waals surface area (Å²) in [5.74, 6) is 0. The number of aldehydes is 1. The molecule has 18 heavy (non-hydrogen) atoms. The molecule has 0 aromatic heterocycles. The lowest BCUT2D eigenvalue weighted by atomic mass is 9.88. The maximum Gasteiger partial charge on any atom is 0.129 e. The first-order valence-corrected chi connectivity index (χ1v) is 6.42. The van der Waals surface area contributed by atoms with Gasteiger partial charge in [-0.25, -0.2) is 0 Å². The van der Waals surface area contributed by atoms with Crippen molar-refractivity contribution in [1.29, 1.82) is 0 Å². The summed E-state index contributed by atoms with van der Waals surface area (Å²) in [6.45, 7) is 5.00. The fraction of sp³-hybridized carbons (Fsp3) is 0.533. The van der Waals surface area contributed by atoms with Crippen molar-refractivity contribution >= 4 is 6.29 Å². The number of aryl methyl sites for hydroxylation is 1. The predicted molar refractivity (Wildman–Crippen MR) is 71.4 cm³/mol. The highest BCUT2D eigenvalue weighted by Gasteiger charge is 2.35. The van der Waals surface area contributed by atoms with Gasteiger partial charge in [0.25, 0.3) is 0 Å². The minimum Gasteiger partial charge on any atom is -0.380 e. The molecule has 1 aromatic rings. The monoisotopic (exact) mass is 247 g/mol. The van der Waals surface area contributed by atoms with Gasteiger partial charge in [0.15, 0.2) is 0 Å². The Morgan fingerprint density at radius 1 is 1.39 bits per heavy atom. The van der Waals surface area contributed by atoms with Crippen LogP contribution < -0.4 is 0 Å². The summed E-state index contributed by atoms with van der Waals surface area (Å²) in [4.78, 5) is 13.5. The second-order valence-electron chi connectivity index (χ2n) is 5.44. The molecule has 1 atom stereocenters. The van der Waals surface area contributed by atoms with Crippen LogP contribution in [0.2, 0.25) is 0 Å². The number of hydrogen-bond acceptors (Lipinski definition) is 3. The van der Waals surface area contributed by atoms with Crippen LogP contribution in [0.1, 0.15) is 17.5 Å². The predicted octanol–water partition coefficient (Wildman–Crippen LogP) is 2.03. The first kappa shape index (κ1) is 13.2. The molecule has 0 N–H and O–H groups in total. The molecule has 0 aliphatic carbocycles. The zero-order valence-corrected chi connectivity index (χ0v) is 11.2. The SMILES string of the molecule is Cc1ccc(CN(C)CC2(C=O)CCOC2)cc1. The third kappa shape index (κ3) is 3.18. The molecule has 3 heteroatoms. The van der Waals surface area contributed by atoms with Crippen LogP contribution in [0.25, 0.3) is 0 Å². The molecule has 0 radical (unpaired) electrons. The van der Waals surface area contributed by atoms with Crippen molar-refractivity contribution in [2.75, 3.05) is 26.8 Å². The van der Waals surface area contributed by atoms with Crippen molar-refractivity contribution in [3.8, 4) is 0 Å². The van der Waals surface area contributed by atoms with Gasteiger partial charge in [-0.05, 0) is 26.0 Å². The van der Waals surface area contributed by atoms with Gasteiger partial charge < -0.3 is 14.4 Å². The molecule has 1 fully saturated rings. The van der Waals surface area contributed by atoms with Crippen LogP contribution in [0.4, 0.5) is 0 Å². The van der Waals surface area contributed by atoms with Gasteiger partial charge >= 0.3 is 0 Å². The van der Waals surface area contributed by atoms with E-state index in [4.69, 9.17) is 4.74 Å². The van der Waals surface area contributed by atoms with E-state index in [1.165, 1.54) is 11.1 Å². The quantitative estimate of drug-likeness (QED) is 0.746. The highest BCUT2D eigenvalue weighted by molar-refractivity contribution is 5.60. The van der Waals surface area contributed by atoms with E-state index in [2.05, 4.69) is 43.1 Å². The Labute approximate surface area is 109 Å². The molecule has 98 valence electrons. The molecule has 0 bridgehead atoms. The largest absolute Gasteiger partial charge is 0.380 e. The number of ether oxygens (including phenoxy) is 1. The van der Waals surface area contributed by atoms with Gasteiger partial charge in [0.05, 0.1) is 12.0 Å². The minimum absolute atomic E-state index is 0.292. The molecule has 1 heterocycles. The smallest absolute Gasteiger partial charge is 0.129 e. The van der Waals surface area contributed by atoms with E-state index in [9.17, 15) is 4.79 Å². The van der Waals surface area contributed by atoms with Gasteiger partial charge in [0.1, 0.15) is 6.29 Å². The van der Waals surface area contributed by atoms with E-state index in [0.717, 1.165) is 25.8 Å². The molecule has 1 aliphatic rings. The van der Waals surface area contributed by atoms with Crippen molar-refractivity contribution in [2.24, 2.45) is 5.41 Å². The van der Waals surface area contributed by atoms with Crippen molar-refractivity contribution in [3.63, 3.8) is 0 Å². The molecule has 2 rings (SSSR count). The number of nitrogens with zero attached hydrogens (tertiary/aromatic N) is 1. The summed E-state index contributed by atoms with van der Waals surface area (Å²) in [6.07, 6.45) is 1.92. The molecule has 1 unspecified atom stereocenters. The summed E-state index contributed by atoms with van der Waals surface area (Å²) in [7, 11) is 2.06. The zero-order chi connectivity index (χ0) is 13.0. The number of carbonyl (C=O) groups is 1. The van der Waals surface area contributed by atoms with Gasteiger partial charge in [-0.3, -0.25) is 0 Å². The Kier molecular flexibility index (Phi) is 4.15. The van der Waals surface area contributed by atoms with Crippen LogP contribution >= 0.6 is 0 Å². The Morgan fingerprint density at radius 2 is 2.11 bits per heavy atom. The molecule has 0 spiro atoms. The lowest BCUT2D eigenvalue weighted by molar-refractivity contribution is -0.117. The first-order chi connectivity index (χ1) is 8.63. The van der Waals surface area contributed by atoms with Crippen molar-refractivity contribution in [3.05, 3.63) is 35.4 Å². The van der Waals surface area contributed by atoms with E-state index in [-0.39, 0.29) is 5.41 Å². The van der Waals surface area contributed by atoms with Crippen LogP contribution in [0.5, 0.6) is 0 Å². The summed E-state index contributed by atoms with van der Waals surface area (Å²) >= 11 is 0. The van der Waals surface area contributed by atoms with Gasteiger partial charge in [-0.1, -0.05) is 29.8 Å². The lowest BCUT2D eigenvalue weighted by Gasteiger charge is -2.27. The first-order valence-electron chi connectivity index (χ1n) is 6.42. The average molecular weight is 247 g/mol. The molecule has 0 saturated carbocycles. The number of carbonyl (C=O) groups excluding carboxylic acids is 1. The van der Waals surface area contributed by atoms with Gasteiger partial charge in [-0.15, -0.1) is 0 Å². The van der Waals surface area contributed by atoms with Crippen molar-refractivity contribution in [1.82, 2.24) is 4.90 Å². The highest BCUT2D eigenvalue weighted by Crippen LogP contribution is 2.27. The third-order valence-electron chi connectivity index (χ3n) is 3.54. The maximum atomic E-state index is 11.3. The third-order valence-corrected chi connectivity index (χ3v) is 3.54. The topological polar surface area (TPSA) is 29.5 Å². The number of benzene rings is 1.